The van der Waals surface area contributed by atoms with E-state index in [-0.39, 0.29) is 11.4 Å². The molecule has 0 spiro atoms. The van der Waals surface area contributed by atoms with E-state index in [1.54, 1.807) is 16.9 Å². The van der Waals surface area contributed by atoms with Crippen molar-refractivity contribution in [1.29, 1.82) is 0 Å². The van der Waals surface area contributed by atoms with Crippen molar-refractivity contribution in [2.45, 2.75) is 39.8 Å². The van der Waals surface area contributed by atoms with Crippen LogP contribution in [0, 0.1) is 12.7 Å². The number of halogens is 1. The van der Waals surface area contributed by atoms with Gasteiger partial charge in [-0.15, -0.1) is 5.10 Å². The number of hydrogen-bond acceptors (Lipinski definition) is 3. The molecule has 1 N–H and O–H groups in total. The van der Waals surface area contributed by atoms with Crippen molar-refractivity contribution < 1.29 is 4.39 Å². The number of hydrogen-bond donors (Lipinski definition) is 1. The van der Waals surface area contributed by atoms with Gasteiger partial charge in [0.05, 0.1) is 17.6 Å². The van der Waals surface area contributed by atoms with Gasteiger partial charge in [0.1, 0.15) is 5.82 Å². The van der Waals surface area contributed by atoms with Crippen LogP contribution in [0.1, 0.15) is 32.0 Å². The lowest BCUT2D eigenvalue weighted by molar-refractivity contribution is 0.418. The highest BCUT2D eigenvalue weighted by Gasteiger charge is 2.13. The largest absolute Gasteiger partial charge is 0.306 e. The van der Waals surface area contributed by atoms with E-state index >= 15 is 0 Å². The summed E-state index contributed by atoms with van der Waals surface area (Å²) in [4.78, 5) is 0. The fourth-order valence-electron chi connectivity index (χ4n) is 1.79. The van der Waals surface area contributed by atoms with Crippen molar-refractivity contribution in [3.63, 3.8) is 0 Å². The molecule has 0 saturated carbocycles. The van der Waals surface area contributed by atoms with Crippen LogP contribution >= 0.6 is 0 Å². The van der Waals surface area contributed by atoms with E-state index < -0.39 is 0 Å². The maximum atomic E-state index is 13.1. The molecule has 19 heavy (non-hydrogen) atoms. The summed E-state index contributed by atoms with van der Waals surface area (Å²) in [6.07, 6.45) is 1.72. The van der Waals surface area contributed by atoms with Gasteiger partial charge in [-0.3, -0.25) is 0 Å². The number of nitrogens with one attached hydrogen (secondary N) is 1. The maximum Gasteiger partial charge on any atom is 0.123 e. The zero-order chi connectivity index (χ0) is 14.0. The second-order valence-electron chi connectivity index (χ2n) is 5.67. The monoisotopic (exact) mass is 262 g/mol. The Morgan fingerprint density at radius 2 is 2.05 bits per heavy atom. The molecule has 0 amide bonds. The first-order valence-electron chi connectivity index (χ1n) is 6.28. The van der Waals surface area contributed by atoms with Gasteiger partial charge in [-0.25, -0.2) is 9.07 Å². The number of aromatic nitrogens is 3. The number of aryl methyl sites for hydroxylation is 1. The first-order valence-corrected chi connectivity index (χ1v) is 6.28. The average molecular weight is 262 g/mol. The highest BCUT2D eigenvalue weighted by atomic mass is 19.1. The quantitative estimate of drug-likeness (QED) is 0.924. The topological polar surface area (TPSA) is 42.7 Å². The fourth-order valence-corrected chi connectivity index (χ4v) is 1.79. The van der Waals surface area contributed by atoms with E-state index in [4.69, 9.17) is 0 Å². The van der Waals surface area contributed by atoms with Crippen LogP contribution in [-0.4, -0.2) is 20.5 Å². The maximum absolute atomic E-state index is 13.1. The van der Waals surface area contributed by atoms with Crippen molar-refractivity contribution >= 4 is 0 Å². The van der Waals surface area contributed by atoms with E-state index in [1.165, 1.54) is 12.1 Å². The summed E-state index contributed by atoms with van der Waals surface area (Å²) >= 11 is 0. The number of rotatable bonds is 3. The summed E-state index contributed by atoms with van der Waals surface area (Å²) in [7, 11) is 0. The highest BCUT2D eigenvalue weighted by molar-refractivity contribution is 5.40. The minimum atomic E-state index is -0.240. The molecule has 4 nitrogen and oxygen atoms in total. The molecule has 102 valence electrons. The minimum Gasteiger partial charge on any atom is -0.306 e. The SMILES string of the molecule is Cc1cc(F)ccc1-n1nncc1CNC(C)(C)C. The Balaban J connectivity index is 2.28. The van der Waals surface area contributed by atoms with Crippen molar-refractivity contribution in [3.05, 3.63) is 41.5 Å². The van der Waals surface area contributed by atoms with Crippen molar-refractivity contribution in [1.82, 2.24) is 20.3 Å². The summed E-state index contributed by atoms with van der Waals surface area (Å²) in [6.45, 7) is 8.83. The highest BCUT2D eigenvalue weighted by Crippen LogP contribution is 2.16. The molecule has 0 bridgehead atoms. The lowest BCUT2D eigenvalue weighted by atomic mass is 10.1. The average Bonchev–Trinajstić information content (AvgIpc) is 2.73. The smallest absolute Gasteiger partial charge is 0.123 e. The Morgan fingerprint density at radius 3 is 2.68 bits per heavy atom. The summed E-state index contributed by atoms with van der Waals surface area (Å²) in [6, 6.07) is 4.66. The normalized spacial score (nSPS) is 11.8. The zero-order valence-electron chi connectivity index (χ0n) is 11.7. The third-order valence-electron chi connectivity index (χ3n) is 2.81. The molecule has 0 aliphatic rings. The summed E-state index contributed by atoms with van der Waals surface area (Å²) in [5.41, 5.74) is 2.66. The molecule has 0 atom stereocenters. The number of benzene rings is 1. The molecule has 0 saturated heterocycles. The lowest BCUT2D eigenvalue weighted by Crippen LogP contribution is -2.35. The van der Waals surface area contributed by atoms with Gasteiger partial charge in [0.25, 0.3) is 0 Å². The lowest BCUT2D eigenvalue weighted by Gasteiger charge is -2.20. The van der Waals surface area contributed by atoms with Gasteiger partial charge in [-0.2, -0.15) is 0 Å². The van der Waals surface area contributed by atoms with Gasteiger partial charge in [0.2, 0.25) is 0 Å². The second kappa shape index (κ2) is 5.09. The molecular formula is C14H19FN4. The second-order valence-corrected chi connectivity index (χ2v) is 5.67. The predicted octanol–water partition coefficient (Wildman–Crippen LogP) is 2.60. The van der Waals surface area contributed by atoms with E-state index in [0.717, 1.165) is 16.9 Å². The molecule has 2 aromatic rings. The molecule has 1 heterocycles. The van der Waals surface area contributed by atoms with Crippen molar-refractivity contribution in [2.75, 3.05) is 0 Å². The molecule has 0 unspecified atom stereocenters. The summed E-state index contributed by atoms with van der Waals surface area (Å²) in [5.74, 6) is -0.240. The Bertz CT molecular complexity index is 569. The number of nitrogens with zero attached hydrogens (tertiary/aromatic N) is 3. The van der Waals surface area contributed by atoms with E-state index in [0.29, 0.717) is 6.54 Å². The van der Waals surface area contributed by atoms with E-state index in [9.17, 15) is 4.39 Å². The van der Waals surface area contributed by atoms with E-state index in [1.807, 2.05) is 6.92 Å². The minimum absolute atomic E-state index is 0.0208. The molecule has 1 aromatic heterocycles. The van der Waals surface area contributed by atoms with Gasteiger partial charge < -0.3 is 5.32 Å². The third-order valence-corrected chi connectivity index (χ3v) is 2.81. The van der Waals surface area contributed by atoms with Crippen molar-refractivity contribution in [2.24, 2.45) is 0 Å². The van der Waals surface area contributed by atoms with Crippen molar-refractivity contribution in [3.8, 4) is 5.69 Å². The first-order chi connectivity index (χ1) is 8.87. The Hall–Kier alpha value is -1.75. The van der Waals surface area contributed by atoms with Crippen LogP contribution in [0.5, 0.6) is 0 Å². The van der Waals surface area contributed by atoms with Crippen LogP contribution in [0.2, 0.25) is 0 Å². The summed E-state index contributed by atoms with van der Waals surface area (Å²) < 4.78 is 14.9. The molecule has 0 radical (unpaired) electrons. The van der Waals surface area contributed by atoms with Crippen LogP contribution in [0.3, 0.4) is 0 Å². The molecule has 5 heteroatoms. The molecule has 0 aliphatic carbocycles. The van der Waals surface area contributed by atoms with E-state index in [2.05, 4.69) is 36.4 Å². The molecule has 0 fully saturated rings. The standard InChI is InChI=1S/C14H19FN4/c1-10-7-11(15)5-6-13(10)19-12(9-17-18-19)8-16-14(2,3)4/h5-7,9,16H,8H2,1-4H3. The third kappa shape index (κ3) is 3.38. The molecule has 2 rings (SSSR count). The van der Waals surface area contributed by atoms with Gasteiger partial charge in [-0.05, 0) is 51.5 Å². The molecule has 1 aromatic carbocycles. The molecular weight excluding hydrogens is 243 g/mol. The molecule has 0 aliphatic heterocycles. The Morgan fingerprint density at radius 1 is 1.32 bits per heavy atom. The van der Waals surface area contributed by atoms with Gasteiger partial charge in [-0.1, -0.05) is 5.21 Å². The summed E-state index contributed by atoms with van der Waals surface area (Å²) in [5, 5.41) is 11.4. The van der Waals surface area contributed by atoms with Crippen LogP contribution < -0.4 is 5.32 Å². The van der Waals surface area contributed by atoms with Gasteiger partial charge >= 0.3 is 0 Å². The predicted molar refractivity (Wildman–Crippen MR) is 72.6 cm³/mol. The first kappa shape index (κ1) is 13.7. The van der Waals surface area contributed by atoms with Gasteiger partial charge in [0.15, 0.2) is 0 Å². The fraction of sp³-hybridized carbons (Fsp3) is 0.429. The van der Waals surface area contributed by atoms with Gasteiger partial charge in [0, 0.05) is 12.1 Å². The van der Waals surface area contributed by atoms with Crippen LogP contribution in [0.25, 0.3) is 5.69 Å². The van der Waals surface area contributed by atoms with Crippen LogP contribution in [0.4, 0.5) is 4.39 Å². The Kier molecular flexibility index (Phi) is 3.66. The van der Waals surface area contributed by atoms with Crippen LogP contribution in [-0.2, 0) is 6.54 Å². The zero-order valence-corrected chi connectivity index (χ0v) is 11.7. The Labute approximate surface area is 112 Å². The van der Waals surface area contributed by atoms with Crippen LogP contribution in [0.15, 0.2) is 24.4 Å².